The Labute approximate surface area is 144 Å². The maximum absolute atomic E-state index is 12.1. The number of carbonyl (C=O) groups is 1. The maximum Gasteiger partial charge on any atom is 0.422 e. The molecule has 0 unspecified atom stereocenters. The smallest absolute Gasteiger partial charge is 0.422 e. The van der Waals surface area contributed by atoms with Crippen molar-refractivity contribution in [2.75, 3.05) is 26.2 Å². The van der Waals surface area contributed by atoms with Gasteiger partial charge in [0.15, 0.2) is 6.61 Å². The van der Waals surface area contributed by atoms with Crippen LogP contribution in [-0.4, -0.2) is 43.3 Å². The first kappa shape index (κ1) is 20.5. The largest absolute Gasteiger partial charge is 0.468 e. The number of nitrogens with zero attached hydrogens (tertiary/aromatic N) is 1. The Morgan fingerprint density at radius 2 is 2.04 bits per heavy atom. The van der Waals surface area contributed by atoms with E-state index in [1.165, 1.54) is 18.3 Å². The number of aromatic nitrogens is 1. The molecule has 1 amide bonds. The molecule has 1 aliphatic rings. The number of nitrogens with one attached hydrogen (secondary N) is 2. The maximum atomic E-state index is 12.1. The molecule has 5 nitrogen and oxygen atoms in total. The molecule has 24 heavy (non-hydrogen) atoms. The number of pyridine rings is 1. The second-order valence-electron chi connectivity index (χ2n) is 6.03. The van der Waals surface area contributed by atoms with E-state index in [1.807, 2.05) is 0 Å². The first-order valence-corrected chi connectivity index (χ1v) is 7.42. The monoisotopic (exact) mass is 367 g/mol. The fraction of sp³-hybridized carbons (Fsp3) is 0.600. The van der Waals surface area contributed by atoms with Gasteiger partial charge in [-0.15, -0.1) is 12.4 Å². The molecule has 0 aliphatic carbocycles. The fourth-order valence-electron chi connectivity index (χ4n) is 2.36. The summed E-state index contributed by atoms with van der Waals surface area (Å²) in [6.45, 7) is 3.14. The van der Waals surface area contributed by atoms with Crippen LogP contribution in [0.2, 0.25) is 0 Å². The molecule has 1 aromatic heterocycles. The number of ether oxygens (including phenoxy) is 1. The van der Waals surface area contributed by atoms with Crippen LogP contribution in [0.4, 0.5) is 13.2 Å². The first-order chi connectivity index (χ1) is 10.8. The van der Waals surface area contributed by atoms with Crippen molar-refractivity contribution in [3.8, 4) is 5.88 Å². The van der Waals surface area contributed by atoms with Crippen LogP contribution in [0.25, 0.3) is 0 Å². The first-order valence-electron chi connectivity index (χ1n) is 7.42. The third-order valence-electron chi connectivity index (χ3n) is 3.87. The Bertz CT molecular complexity index is 532. The Morgan fingerprint density at radius 1 is 1.38 bits per heavy atom. The molecule has 1 aromatic rings. The number of carbonyl (C=O) groups excluding carboxylic acids is 1. The molecule has 9 heteroatoms. The molecule has 1 saturated heterocycles. The van der Waals surface area contributed by atoms with Gasteiger partial charge in [0, 0.05) is 18.8 Å². The third kappa shape index (κ3) is 6.52. The number of amides is 1. The SMILES string of the molecule is CC1(CNC(=O)c2ccc(OCC(F)(F)F)nc2)CCNCC1.Cl. The van der Waals surface area contributed by atoms with Crippen LogP contribution in [0.3, 0.4) is 0 Å². The highest BCUT2D eigenvalue weighted by Crippen LogP contribution is 2.26. The summed E-state index contributed by atoms with van der Waals surface area (Å²) in [6.07, 6.45) is -1.24. The molecule has 2 rings (SSSR count). The Kier molecular flexibility index (Phi) is 7.28. The van der Waals surface area contributed by atoms with Crippen molar-refractivity contribution in [3.05, 3.63) is 23.9 Å². The molecular formula is C15H21ClF3N3O2. The molecule has 0 spiro atoms. The van der Waals surface area contributed by atoms with Gasteiger partial charge in [0.1, 0.15) is 0 Å². The zero-order valence-electron chi connectivity index (χ0n) is 13.3. The molecule has 0 radical (unpaired) electrons. The quantitative estimate of drug-likeness (QED) is 0.839. The topological polar surface area (TPSA) is 63.2 Å². The number of hydrogen-bond donors (Lipinski definition) is 2. The number of alkyl halides is 3. The highest BCUT2D eigenvalue weighted by molar-refractivity contribution is 5.93. The van der Waals surface area contributed by atoms with Gasteiger partial charge in [-0.05, 0) is 37.4 Å². The number of halogens is 4. The van der Waals surface area contributed by atoms with Crippen molar-refractivity contribution in [3.63, 3.8) is 0 Å². The molecule has 0 bridgehead atoms. The molecular weight excluding hydrogens is 347 g/mol. The summed E-state index contributed by atoms with van der Waals surface area (Å²) < 4.78 is 40.6. The minimum atomic E-state index is -4.41. The van der Waals surface area contributed by atoms with Crippen LogP contribution >= 0.6 is 12.4 Å². The van der Waals surface area contributed by atoms with Gasteiger partial charge in [-0.1, -0.05) is 6.92 Å². The second kappa shape index (κ2) is 8.53. The molecule has 1 fully saturated rings. The highest BCUT2D eigenvalue weighted by Gasteiger charge is 2.29. The number of hydrogen-bond acceptors (Lipinski definition) is 4. The van der Waals surface area contributed by atoms with Gasteiger partial charge in [0.2, 0.25) is 5.88 Å². The van der Waals surface area contributed by atoms with E-state index in [2.05, 4.69) is 27.3 Å². The van der Waals surface area contributed by atoms with Crippen LogP contribution in [-0.2, 0) is 0 Å². The minimum Gasteiger partial charge on any atom is -0.468 e. The van der Waals surface area contributed by atoms with E-state index in [0.29, 0.717) is 12.1 Å². The third-order valence-corrected chi connectivity index (χ3v) is 3.87. The average Bonchev–Trinajstić information content (AvgIpc) is 2.51. The van der Waals surface area contributed by atoms with Crippen molar-refractivity contribution in [1.82, 2.24) is 15.6 Å². The minimum absolute atomic E-state index is 0. The van der Waals surface area contributed by atoms with Gasteiger partial charge in [-0.2, -0.15) is 13.2 Å². The van der Waals surface area contributed by atoms with E-state index in [0.717, 1.165) is 25.9 Å². The van der Waals surface area contributed by atoms with Gasteiger partial charge < -0.3 is 15.4 Å². The fourth-order valence-corrected chi connectivity index (χ4v) is 2.36. The standard InChI is InChI=1S/C15H20F3N3O2.ClH/c1-14(4-6-19-7-5-14)9-21-13(22)11-2-3-12(20-8-11)23-10-15(16,17)18;/h2-3,8,19H,4-7,9-10H2,1H3,(H,21,22);1H. The summed E-state index contributed by atoms with van der Waals surface area (Å²) in [5.41, 5.74) is 0.353. The lowest BCUT2D eigenvalue weighted by atomic mass is 9.81. The van der Waals surface area contributed by atoms with Gasteiger partial charge in [-0.25, -0.2) is 4.98 Å². The summed E-state index contributed by atoms with van der Waals surface area (Å²) in [4.78, 5) is 15.8. The van der Waals surface area contributed by atoms with Gasteiger partial charge >= 0.3 is 6.18 Å². The van der Waals surface area contributed by atoms with Crippen LogP contribution in [0.5, 0.6) is 5.88 Å². The molecule has 1 aliphatic heterocycles. The summed E-state index contributed by atoms with van der Waals surface area (Å²) in [5, 5.41) is 6.13. The van der Waals surface area contributed by atoms with Crippen LogP contribution in [0, 0.1) is 5.41 Å². The lowest BCUT2D eigenvalue weighted by Gasteiger charge is -2.34. The lowest BCUT2D eigenvalue weighted by molar-refractivity contribution is -0.154. The van der Waals surface area contributed by atoms with Crippen molar-refractivity contribution in [2.45, 2.75) is 25.9 Å². The van der Waals surface area contributed by atoms with Crippen molar-refractivity contribution in [2.24, 2.45) is 5.41 Å². The van der Waals surface area contributed by atoms with E-state index in [-0.39, 0.29) is 29.6 Å². The van der Waals surface area contributed by atoms with E-state index in [9.17, 15) is 18.0 Å². The predicted molar refractivity (Wildman–Crippen MR) is 85.6 cm³/mol. The highest BCUT2D eigenvalue weighted by atomic mass is 35.5. The normalized spacial score (nSPS) is 16.8. The van der Waals surface area contributed by atoms with Crippen molar-refractivity contribution < 1.29 is 22.7 Å². The molecule has 2 N–H and O–H groups in total. The van der Waals surface area contributed by atoms with Crippen LogP contribution in [0.15, 0.2) is 18.3 Å². The Balaban J connectivity index is 0.00000288. The molecule has 0 aromatic carbocycles. The predicted octanol–water partition coefficient (Wildman–Crippen LogP) is 2.56. The van der Waals surface area contributed by atoms with E-state index in [4.69, 9.17) is 0 Å². The summed E-state index contributed by atoms with van der Waals surface area (Å²) in [5.74, 6) is -0.455. The summed E-state index contributed by atoms with van der Waals surface area (Å²) in [6, 6.07) is 2.66. The zero-order valence-corrected chi connectivity index (χ0v) is 14.1. The molecule has 0 atom stereocenters. The lowest BCUT2D eigenvalue weighted by Crippen LogP contribution is -2.42. The second-order valence-corrected chi connectivity index (χ2v) is 6.03. The molecule has 0 saturated carbocycles. The molecule has 136 valence electrons. The van der Waals surface area contributed by atoms with Crippen molar-refractivity contribution >= 4 is 18.3 Å². The van der Waals surface area contributed by atoms with Gasteiger partial charge in [-0.3, -0.25) is 4.79 Å². The Morgan fingerprint density at radius 3 is 2.58 bits per heavy atom. The molecule has 2 heterocycles. The van der Waals surface area contributed by atoms with E-state index < -0.39 is 12.8 Å². The summed E-state index contributed by atoms with van der Waals surface area (Å²) >= 11 is 0. The van der Waals surface area contributed by atoms with Crippen LogP contribution < -0.4 is 15.4 Å². The zero-order chi connectivity index (χ0) is 16.9. The average molecular weight is 368 g/mol. The van der Waals surface area contributed by atoms with E-state index in [1.54, 1.807) is 0 Å². The number of piperidine rings is 1. The Hall–Kier alpha value is -1.54. The number of rotatable bonds is 5. The van der Waals surface area contributed by atoms with E-state index >= 15 is 0 Å². The van der Waals surface area contributed by atoms with Crippen molar-refractivity contribution in [1.29, 1.82) is 0 Å². The van der Waals surface area contributed by atoms with Crippen LogP contribution in [0.1, 0.15) is 30.1 Å². The van der Waals surface area contributed by atoms with Gasteiger partial charge in [0.05, 0.1) is 5.56 Å². The summed E-state index contributed by atoms with van der Waals surface area (Å²) in [7, 11) is 0. The van der Waals surface area contributed by atoms with Gasteiger partial charge in [0.25, 0.3) is 5.91 Å².